The first-order valence-electron chi connectivity index (χ1n) is 6.69. The van der Waals surface area contributed by atoms with Crippen molar-refractivity contribution in [2.45, 2.75) is 31.7 Å². The Bertz CT molecular complexity index is 415. The van der Waals surface area contributed by atoms with Crippen LogP contribution < -0.4 is 5.32 Å². The van der Waals surface area contributed by atoms with Crippen LogP contribution in [0, 0.1) is 0 Å². The Labute approximate surface area is 118 Å². The predicted molar refractivity (Wildman–Crippen MR) is 74.2 cm³/mol. The molecule has 112 valence electrons. The number of nitrogens with one attached hydrogen (secondary N) is 1. The number of hydrogen-bond acceptors (Lipinski definition) is 4. The Morgan fingerprint density at radius 2 is 2.05 bits per heavy atom. The first-order valence-corrected chi connectivity index (χ1v) is 6.69. The number of unbranched alkanes of at least 4 members (excludes halogenated alkanes) is 1. The average molecular weight is 282 g/mol. The second kappa shape index (κ2) is 8.37. The minimum Gasteiger partial charge on any atom is -0.481 e. The van der Waals surface area contributed by atoms with E-state index in [1.165, 1.54) is 0 Å². The number of nitrogens with zero attached hydrogens (tertiary/aromatic N) is 1. The molecule has 1 aromatic rings. The van der Waals surface area contributed by atoms with Crippen molar-refractivity contribution in [2.75, 3.05) is 20.6 Å². The molecule has 0 saturated carbocycles. The largest absolute Gasteiger partial charge is 0.481 e. The van der Waals surface area contributed by atoms with Gasteiger partial charge in [-0.15, -0.1) is 0 Å². The van der Waals surface area contributed by atoms with Gasteiger partial charge in [0.25, 0.3) is 0 Å². The quantitative estimate of drug-likeness (QED) is 0.673. The molecule has 0 aliphatic heterocycles. The van der Waals surface area contributed by atoms with Crippen LogP contribution in [0.1, 0.15) is 37.5 Å². The number of carboxylic acid groups (broad SMARTS) is 1. The summed E-state index contributed by atoms with van der Waals surface area (Å²) in [6.45, 7) is 0.471. The molecule has 6 heteroatoms. The maximum Gasteiger partial charge on any atom is 0.303 e. The molecule has 20 heavy (non-hydrogen) atoms. The zero-order chi connectivity index (χ0) is 15.0. The van der Waals surface area contributed by atoms with Crippen LogP contribution in [0.15, 0.2) is 22.8 Å². The molecule has 0 saturated heterocycles. The second-order valence-electron chi connectivity index (χ2n) is 4.90. The van der Waals surface area contributed by atoms with Crippen LogP contribution in [0.3, 0.4) is 0 Å². The van der Waals surface area contributed by atoms with E-state index >= 15 is 0 Å². The number of aliphatic carboxylic acids is 1. The molecule has 0 aliphatic rings. The van der Waals surface area contributed by atoms with Crippen LogP contribution in [0.25, 0.3) is 0 Å². The Hall–Kier alpha value is -1.82. The van der Waals surface area contributed by atoms with Gasteiger partial charge in [-0.05, 0) is 39.1 Å². The molecule has 0 fully saturated rings. The molecule has 1 atom stereocenters. The summed E-state index contributed by atoms with van der Waals surface area (Å²) in [5.41, 5.74) is 0. The maximum absolute atomic E-state index is 11.7. The number of rotatable bonds is 9. The van der Waals surface area contributed by atoms with Gasteiger partial charge in [0.05, 0.1) is 12.3 Å². The summed E-state index contributed by atoms with van der Waals surface area (Å²) in [6, 6.07) is 3.69. The predicted octanol–water partition coefficient (Wildman–Crippen LogP) is 1.64. The summed E-state index contributed by atoms with van der Waals surface area (Å²) in [4.78, 5) is 24.0. The van der Waals surface area contributed by atoms with Gasteiger partial charge in [0.2, 0.25) is 5.91 Å². The third-order valence-electron chi connectivity index (χ3n) is 3.03. The SMILES string of the molecule is CN(C)C(CNC(=O)CCCCC(=O)O)c1ccco1. The third-order valence-corrected chi connectivity index (χ3v) is 3.03. The fourth-order valence-electron chi connectivity index (χ4n) is 1.88. The lowest BCUT2D eigenvalue weighted by atomic mass is 10.1. The van der Waals surface area contributed by atoms with Crippen molar-refractivity contribution >= 4 is 11.9 Å². The molecule has 0 spiro atoms. The molecule has 1 unspecified atom stereocenters. The smallest absolute Gasteiger partial charge is 0.303 e. The number of hydrogen-bond donors (Lipinski definition) is 2. The number of carboxylic acids is 1. The molecule has 0 radical (unpaired) electrons. The van der Waals surface area contributed by atoms with Crippen LogP contribution in [-0.4, -0.2) is 42.5 Å². The van der Waals surface area contributed by atoms with Crippen molar-refractivity contribution < 1.29 is 19.1 Å². The van der Waals surface area contributed by atoms with Gasteiger partial charge in [0.15, 0.2) is 0 Å². The van der Waals surface area contributed by atoms with Gasteiger partial charge in [0.1, 0.15) is 5.76 Å². The van der Waals surface area contributed by atoms with Gasteiger partial charge >= 0.3 is 5.97 Å². The molecular weight excluding hydrogens is 260 g/mol. The monoisotopic (exact) mass is 282 g/mol. The molecule has 0 bridgehead atoms. The van der Waals surface area contributed by atoms with Crippen molar-refractivity contribution in [3.8, 4) is 0 Å². The highest BCUT2D eigenvalue weighted by atomic mass is 16.4. The number of amides is 1. The van der Waals surface area contributed by atoms with Crippen molar-refractivity contribution in [2.24, 2.45) is 0 Å². The van der Waals surface area contributed by atoms with E-state index in [1.807, 2.05) is 31.1 Å². The molecule has 1 amide bonds. The molecule has 1 heterocycles. The lowest BCUT2D eigenvalue weighted by Gasteiger charge is -2.22. The van der Waals surface area contributed by atoms with Crippen LogP contribution >= 0.6 is 0 Å². The first kappa shape index (κ1) is 16.2. The Balaban J connectivity index is 2.29. The summed E-state index contributed by atoms with van der Waals surface area (Å²) >= 11 is 0. The normalized spacial score (nSPS) is 12.3. The zero-order valence-corrected chi connectivity index (χ0v) is 12.0. The average Bonchev–Trinajstić information content (AvgIpc) is 2.88. The molecule has 1 aromatic heterocycles. The summed E-state index contributed by atoms with van der Waals surface area (Å²) in [5.74, 6) is -0.0779. The van der Waals surface area contributed by atoms with Gasteiger partial charge in [-0.1, -0.05) is 0 Å². The first-order chi connectivity index (χ1) is 9.50. The molecule has 1 rings (SSSR count). The third kappa shape index (κ3) is 5.88. The van der Waals surface area contributed by atoms with E-state index in [-0.39, 0.29) is 18.4 Å². The van der Waals surface area contributed by atoms with Crippen LogP contribution in [0.5, 0.6) is 0 Å². The van der Waals surface area contributed by atoms with Crippen molar-refractivity contribution in [3.05, 3.63) is 24.2 Å². The lowest BCUT2D eigenvalue weighted by molar-refractivity contribution is -0.137. The molecular formula is C14H22N2O4. The number of likely N-dealkylation sites (N-methyl/N-ethyl adjacent to an activating group) is 1. The van der Waals surface area contributed by atoms with E-state index in [2.05, 4.69) is 5.32 Å². The van der Waals surface area contributed by atoms with E-state index in [0.717, 1.165) is 5.76 Å². The van der Waals surface area contributed by atoms with Crippen molar-refractivity contribution in [1.82, 2.24) is 10.2 Å². The standard InChI is InChI=1S/C14H22N2O4/c1-16(2)11(12-6-5-9-20-12)10-15-13(17)7-3-4-8-14(18)19/h5-6,9,11H,3-4,7-8,10H2,1-2H3,(H,15,17)(H,18,19). The molecule has 0 aromatic carbocycles. The topological polar surface area (TPSA) is 82.8 Å². The number of carbonyl (C=O) groups excluding carboxylic acids is 1. The van der Waals surface area contributed by atoms with Crippen molar-refractivity contribution in [1.29, 1.82) is 0 Å². The Morgan fingerprint density at radius 3 is 2.60 bits per heavy atom. The van der Waals surface area contributed by atoms with Gasteiger partial charge < -0.3 is 14.8 Å². The van der Waals surface area contributed by atoms with Gasteiger partial charge in [0, 0.05) is 19.4 Å². The highest BCUT2D eigenvalue weighted by Crippen LogP contribution is 2.17. The molecule has 6 nitrogen and oxygen atoms in total. The maximum atomic E-state index is 11.7. The van der Waals surface area contributed by atoms with Gasteiger partial charge in [-0.2, -0.15) is 0 Å². The molecule has 2 N–H and O–H groups in total. The van der Waals surface area contributed by atoms with E-state index in [0.29, 0.717) is 25.8 Å². The highest BCUT2D eigenvalue weighted by molar-refractivity contribution is 5.76. The second-order valence-corrected chi connectivity index (χ2v) is 4.90. The minimum absolute atomic E-state index is 0.00651. The van der Waals surface area contributed by atoms with Crippen molar-refractivity contribution in [3.63, 3.8) is 0 Å². The fourth-order valence-corrected chi connectivity index (χ4v) is 1.88. The van der Waals surface area contributed by atoms with E-state index in [9.17, 15) is 9.59 Å². The number of furan rings is 1. The van der Waals surface area contributed by atoms with Crippen LogP contribution in [0.2, 0.25) is 0 Å². The fraction of sp³-hybridized carbons (Fsp3) is 0.571. The van der Waals surface area contributed by atoms with E-state index in [4.69, 9.17) is 9.52 Å². The number of carbonyl (C=O) groups is 2. The highest BCUT2D eigenvalue weighted by Gasteiger charge is 2.17. The Morgan fingerprint density at radius 1 is 1.35 bits per heavy atom. The summed E-state index contributed by atoms with van der Waals surface area (Å²) in [7, 11) is 3.85. The van der Waals surface area contributed by atoms with Gasteiger partial charge in [-0.3, -0.25) is 14.5 Å². The van der Waals surface area contributed by atoms with Crippen LogP contribution in [0.4, 0.5) is 0 Å². The van der Waals surface area contributed by atoms with Gasteiger partial charge in [-0.25, -0.2) is 0 Å². The molecule has 0 aliphatic carbocycles. The minimum atomic E-state index is -0.823. The zero-order valence-electron chi connectivity index (χ0n) is 12.0. The van der Waals surface area contributed by atoms with E-state index < -0.39 is 5.97 Å². The summed E-state index contributed by atoms with van der Waals surface area (Å²) in [5, 5.41) is 11.4. The Kier molecular flexibility index (Phi) is 6.79. The van der Waals surface area contributed by atoms with Crippen LogP contribution in [-0.2, 0) is 9.59 Å². The van der Waals surface area contributed by atoms with E-state index in [1.54, 1.807) is 6.26 Å². The lowest BCUT2D eigenvalue weighted by Crippen LogP contribution is -2.34. The summed E-state index contributed by atoms with van der Waals surface area (Å²) < 4.78 is 5.36. The summed E-state index contributed by atoms with van der Waals surface area (Å²) in [6.07, 6.45) is 3.19.